The van der Waals surface area contributed by atoms with E-state index < -0.39 is 11.7 Å². The van der Waals surface area contributed by atoms with Crippen LogP contribution in [0.1, 0.15) is 54.9 Å². The largest absolute Gasteiger partial charge is 0.500 e. The predicted molar refractivity (Wildman–Crippen MR) is 126 cm³/mol. The summed E-state index contributed by atoms with van der Waals surface area (Å²) in [5.41, 5.74) is 5.51. The average molecular weight is 427 g/mol. The van der Waals surface area contributed by atoms with E-state index in [9.17, 15) is 4.79 Å². The molecule has 0 radical (unpaired) electrons. The minimum atomic E-state index is -0.570. The van der Waals surface area contributed by atoms with Crippen LogP contribution in [0.3, 0.4) is 0 Å². The van der Waals surface area contributed by atoms with Gasteiger partial charge < -0.3 is 36.4 Å². The number of amides is 1. The van der Waals surface area contributed by atoms with E-state index in [4.69, 9.17) is 37.6 Å². The topological polar surface area (TPSA) is 142 Å². The van der Waals surface area contributed by atoms with Crippen molar-refractivity contribution in [3.63, 3.8) is 0 Å². The number of nitrogens with one attached hydrogen (secondary N) is 3. The lowest BCUT2D eigenvalue weighted by Crippen LogP contribution is -2.35. The molecule has 0 heterocycles. The lowest BCUT2D eigenvalue weighted by atomic mass is 10.2. The summed E-state index contributed by atoms with van der Waals surface area (Å²) in [4.78, 5) is 11.0. The normalized spacial score (nSPS) is 9.43. The summed E-state index contributed by atoms with van der Waals surface area (Å²) in [5.74, 6) is 3.35. The molecule has 0 saturated carbocycles. The number of carbonyl (C=O) groups is 1. The van der Waals surface area contributed by atoms with E-state index in [1.807, 2.05) is 39.8 Å². The van der Waals surface area contributed by atoms with Gasteiger partial charge in [0.05, 0.1) is 32.4 Å². The maximum atomic E-state index is 11.0. The molecule has 0 aliphatic heterocycles. The Morgan fingerprint density at radius 3 is 2.07 bits per heavy atom. The van der Waals surface area contributed by atoms with Crippen LogP contribution in [0.5, 0.6) is 0 Å². The SMILES string of the molecule is C#CC/C(=C\C=C(C)C)OC.CC.CC(C)(C)OC(=O)NCC(=N)C=N.NCCO. The summed E-state index contributed by atoms with van der Waals surface area (Å²) in [6, 6.07) is 0. The number of aliphatic hydroxyl groups excluding tert-OH is 1. The zero-order valence-corrected chi connectivity index (χ0v) is 19.9. The van der Waals surface area contributed by atoms with Crippen molar-refractivity contribution in [2.24, 2.45) is 5.73 Å². The van der Waals surface area contributed by atoms with Crippen LogP contribution in [0.2, 0.25) is 0 Å². The Labute approximate surface area is 182 Å². The number of hydrogen-bond acceptors (Lipinski definition) is 7. The number of methoxy groups -OCH3 is 1. The van der Waals surface area contributed by atoms with Crippen LogP contribution in [-0.4, -0.2) is 55.5 Å². The zero-order chi connectivity index (χ0) is 24.6. The van der Waals surface area contributed by atoms with Crippen LogP contribution in [0.4, 0.5) is 4.79 Å². The van der Waals surface area contributed by atoms with E-state index >= 15 is 0 Å². The molecule has 8 heteroatoms. The third-order valence-electron chi connectivity index (χ3n) is 2.27. The molecule has 0 aliphatic rings. The molecule has 8 nitrogen and oxygen atoms in total. The molecule has 0 atom stereocenters. The number of hydrogen-bond donors (Lipinski definition) is 5. The van der Waals surface area contributed by atoms with Crippen LogP contribution in [-0.2, 0) is 9.47 Å². The van der Waals surface area contributed by atoms with Crippen LogP contribution in [0.25, 0.3) is 0 Å². The highest BCUT2D eigenvalue weighted by Crippen LogP contribution is 2.06. The Hall–Kier alpha value is -2.63. The van der Waals surface area contributed by atoms with Crippen molar-refractivity contribution in [3.05, 3.63) is 23.5 Å². The first-order valence-electron chi connectivity index (χ1n) is 9.64. The summed E-state index contributed by atoms with van der Waals surface area (Å²) in [6.07, 6.45) is 9.86. The maximum Gasteiger partial charge on any atom is 0.407 e. The van der Waals surface area contributed by atoms with Gasteiger partial charge in [0, 0.05) is 12.8 Å². The second kappa shape index (κ2) is 24.4. The fourth-order valence-electron chi connectivity index (χ4n) is 1.09. The molecule has 0 spiro atoms. The van der Waals surface area contributed by atoms with Gasteiger partial charge in [-0.2, -0.15) is 0 Å². The van der Waals surface area contributed by atoms with Crippen molar-refractivity contribution in [1.82, 2.24) is 5.32 Å². The van der Waals surface area contributed by atoms with Crippen molar-refractivity contribution >= 4 is 18.0 Å². The number of allylic oxidation sites excluding steroid dienone is 4. The molecule has 6 N–H and O–H groups in total. The summed E-state index contributed by atoms with van der Waals surface area (Å²) in [7, 11) is 1.63. The molecule has 0 bridgehead atoms. The van der Waals surface area contributed by atoms with Gasteiger partial charge in [-0.3, -0.25) is 0 Å². The zero-order valence-electron chi connectivity index (χ0n) is 19.9. The monoisotopic (exact) mass is 426 g/mol. The maximum absolute atomic E-state index is 11.0. The van der Waals surface area contributed by atoms with E-state index in [-0.39, 0.29) is 18.9 Å². The molecule has 0 saturated heterocycles. The molecule has 0 aliphatic carbocycles. The number of carbonyl (C=O) groups excluding carboxylic acids is 1. The highest BCUT2D eigenvalue weighted by molar-refractivity contribution is 6.29. The molecule has 0 aromatic carbocycles. The van der Waals surface area contributed by atoms with Gasteiger partial charge in [-0.25, -0.2) is 4.79 Å². The van der Waals surface area contributed by atoms with E-state index in [0.29, 0.717) is 13.0 Å². The Bertz CT molecular complexity index is 550. The van der Waals surface area contributed by atoms with Gasteiger partial charge in [-0.05, 0) is 40.7 Å². The first-order valence-corrected chi connectivity index (χ1v) is 9.64. The third kappa shape index (κ3) is 36.3. The van der Waals surface area contributed by atoms with Gasteiger partial charge in [0.25, 0.3) is 0 Å². The minimum Gasteiger partial charge on any atom is -0.500 e. The third-order valence-corrected chi connectivity index (χ3v) is 2.27. The molecule has 0 fully saturated rings. The van der Waals surface area contributed by atoms with Crippen molar-refractivity contribution in [2.75, 3.05) is 26.8 Å². The Kier molecular flexibility index (Phi) is 28.4. The van der Waals surface area contributed by atoms with Crippen molar-refractivity contribution in [3.8, 4) is 12.3 Å². The van der Waals surface area contributed by atoms with Gasteiger partial charge in [-0.15, -0.1) is 6.42 Å². The van der Waals surface area contributed by atoms with Crippen LogP contribution in [0.15, 0.2) is 23.5 Å². The van der Waals surface area contributed by atoms with E-state index in [1.54, 1.807) is 27.9 Å². The summed E-state index contributed by atoms with van der Waals surface area (Å²) >= 11 is 0. The quantitative estimate of drug-likeness (QED) is 0.183. The fraction of sp³-hybridized carbons (Fsp3) is 0.591. The molecule has 1 amide bonds. The molecule has 0 aromatic rings. The van der Waals surface area contributed by atoms with Gasteiger partial charge in [-0.1, -0.05) is 31.4 Å². The fourth-order valence-corrected chi connectivity index (χ4v) is 1.09. The second-order valence-corrected chi connectivity index (χ2v) is 6.50. The number of alkyl carbamates (subject to hydrolysis) is 1. The number of ether oxygens (including phenoxy) is 2. The van der Waals surface area contributed by atoms with Gasteiger partial charge in [0.2, 0.25) is 0 Å². The van der Waals surface area contributed by atoms with Gasteiger partial charge in [0.15, 0.2) is 0 Å². The summed E-state index contributed by atoms with van der Waals surface area (Å²) in [5, 5.41) is 23.8. The van der Waals surface area contributed by atoms with Crippen molar-refractivity contribution < 1.29 is 19.4 Å². The average Bonchev–Trinajstić information content (AvgIpc) is 2.70. The smallest absolute Gasteiger partial charge is 0.407 e. The number of nitrogens with two attached hydrogens (primary N) is 1. The van der Waals surface area contributed by atoms with Crippen LogP contribution in [0, 0.1) is 23.2 Å². The standard InChI is InChI=1S/C10H14O.C8H15N3O2.C2H7NO.C2H6/c1-5-6-10(11-4)8-7-9(2)3;1-8(2,3)13-7(12)11-5-6(10)4-9;3-1-2-4;1-2/h1,7-8H,6H2,2-4H3;4,9-10H,5H2,1-3H3,(H,11,12);4H,1-3H2;1-2H3/b10-8+;;;. The van der Waals surface area contributed by atoms with Crippen molar-refractivity contribution in [1.29, 1.82) is 10.8 Å². The lowest BCUT2D eigenvalue weighted by Gasteiger charge is -2.19. The Morgan fingerprint density at radius 1 is 1.27 bits per heavy atom. The molecule has 0 aromatic heterocycles. The van der Waals surface area contributed by atoms with E-state index in [1.165, 1.54) is 5.57 Å². The first-order chi connectivity index (χ1) is 14.0. The molecular weight excluding hydrogens is 384 g/mol. The summed E-state index contributed by atoms with van der Waals surface area (Å²) < 4.78 is 9.93. The minimum absolute atomic E-state index is 0.0262. The Morgan fingerprint density at radius 2 is 1.77 bits per heavy atom. The number of terminal acetylenes is 1. The molecular formula is C22H42N4O4. The highest BCUT2D eigenvalue weighted by atomic mass is 16.6. The van der Waals surface area contributed by atoms with Gasteiger partial charge in [0.1, 0.15) is 11.4 Å². The van der Waals surface area contributed by atoms with Crippen LogP contribution < -0.4 is 11.1 Å². The molecule has 0 rings (SSSR count). The van der Waals surface area contributed by atoms with Gasteiger partial charge >= 0.3 is 6.09 Å². The summed E-state index contributed by atoms with van der Waals surface area (Å²) in [6.45, 7) is 13.8. The first kappa shape index (κ1) is 34.8. The second-order valence-electron chi connectivity index (χ2n) is 6.50. The van der Waals surface area contributed by atoms with Crippen LogP contribution >= 0.6 is 0 Å². The number of rotatable bonds is 7. The van der Waals surface area contributed by atoms with Crippen molar-refractivity contribution in [2.45, 2.75) is 60.5 Å². The predicted octanol–water partition coefficient (Wildman–Crippen LogP) is 3.65. The van der Waals surface area contributed by atoms with E-state index in [2.05, 4.69) is 11.2 Å². The lowest BCUT2D eigenvalue weighted by molar-refractivity contribution is 0.0536. The molecule has 174 valence electrons. The Balaban J connectivity index is -0.000000180. The highest BCUT2D eigenvalue weighted by Gasteiger charge is 2.15. The molecule has 30 heavy (non-hydrogen) atoms. The van der Waals surface area contributed by atoms with E-state index in [0.717, 1.165) is 12.0 Å². The molecule has 0 unspecified atom stereocenters. The number of aliphatic hydroxyl groups is 1.